The average Bonchev–Trinajstić information content (AvgIpc) is 2.30. The third kappa shape index (κ3) is 2.41. The molecule has 1 aliphatic rings. The van der Waals surface area contributed by atoms with Gasteiger partial charge in [0.05, 0.1) is 6.04 Å². The Morgan fingerprint density at radius 3 is 2.80 bits per heavy atom. The number of hydrogen-bond acceptors (Lipinski definition) is 3. The molecule has 1 N–H and O–H groups in total. The second kappa shape index (κ2) is 4.81. The molecule has 1 aliphatic heterocycles. The SMILES string of the molecule is O=C(c1ccccc1S)C1CCCCN1. The summed E-state index contributed by atoms with van der Waals surface area (Å²) in [5.41, 5.74) is 0.736. The molecule has 0 radical (unpaired) electrons. The summed E-state index contributed by atoms with van der Waals surface area (Å²) in [7, 11) is 0. The van der Waals surface area contributed by atoms with Gasteiger partial charge in [-0.25, -0.2) is 0 Å². The maximum Gasteiger partial charge on any atom is 0.180 e. The average molecular weight is 221 g/mol. The van der Waals surface area contributed by atoms with E-state index in [4.69, 9.17) is 0 Å². The Balaban J connectivity index is 2.16. The van der Waals surface area contributed by atoms with Crippen LogP contribution in [0, 0.1) is 0 Å². The summed E-state index contributed by atoms with van der Waals surface area (Å²) in [6.45, 7) is 0.950. The van der Waals surface area contributed by atoms with Crippen LogP contribution in [-0.2, 0) is 0 Å². The largest absolute Gasteiger partial charge is 0.307 e. The van der Waals surface area contributed by atoms with Crippen molar-refractivity contribution in [2.75, 3.05) is 6.54 Å². The molecule has 1 saturated heterocycles. The zero-order valence-electron chi connectivity index (χ0n) is 8.57. The van der Waals surface area contributed by atoms with Crippen molar-refractivity contribution in [1.29, 1.82) is 0 Å². The summed E-state index contributed by atoms with van der Waals surface area (Å²) >= 11 is 4.31. The van der Waals surface area contributed by atoms with Gasteiger partial charge in [0.1, 0.15) is 0 Å². The quantitative estimate of drug-likeness (QED) is 0.592. The van der Waals surface area contributed by atoms with Crippen molar-refractivity contribution in [3.05, 3.63) is 29.8 Å². The normalized spacial score (nSPS) is 21.3. The van der Waals surface area contributed by atoms with E-state index in [0.717, 1.165) is 29.8 Å². The maximum absolute atomic E-state index is 12.1. The number of nitrogens with one attached hydrogen (secondary N) is 1. The number of carbonyl (C=O) groups is 1. The molecule has 80 valence electrons. The first-order chi connectivity index (χ1) is 7.29. The molecule has 0 spiro atoms. The Morgan fingerprint density at radius 1 is 1.33 bits per heavy atom. The van der Waals surface area contributed by atoms with E-state index in [2.05, 4.69) is 17.9 Å². The lowest BCUT2D eigenvalue weighted by Gasteiger charge is -2.22. The summed E-state index contributed by atoms with van der Waals surface area (Å²) in [6, 6.07) is 7.48. The fourth-order valence-electron chi connectivity index (χ4n) is 1.95. The van der Waals surface area contributed by atoms with E-state index >= 15 is 0 Å². The van der Waals surface area contributed by atoms with Gasteiger partial charge in [-0.05, 0) is 25.5 Å². The van der Waals surface area contributed by atoms with E-state index in [0.29, 0.717) is 0 Å². The number of hydrogen-bond donors (Lipinski definition) is 2. The number of piperidine rings is 1. The van der Waals surface area contributed by atoms with Crippen LogP contribution in [0.25, 0.3) is 0 Å². The molecule has 1 heterocycles. The zero-order valence-corrected chi connectivity index (χ0v) is 9.47. The number of carbonyl (C=O) groups excluding carboxylic acids is 1. The highest BCUT2D eigenvalue weighted by molar-refractivity contribution is 7.80. The lowest BCUT2D eigenvalue weighted by atomic mass is 9.96. The Labute approximate surface area is 95.5 Å². The van der Waals surface area contributed by atoms with Crippen LogP contribution in [0.5, 0.6) is 0 Å². The molecule has 0 saturated carbocycles. The van der Waals surface area contributed by atoms with Crippen molar-refractivity contribution in [1.82, 2.24) is 5.32 Å². The fraction of sp³-hybridized carbons (Fsp3) is 0.417. The molecule has 3 heteroatoms. The number of thiol groups is 1. The summed E-state index contributed by atoms with van der Waals surface area (Å²) in [5, 5.41) is 3.26. The van der Waals surface area contributed by atoms with Crippen LogP contribution < -0.4 is 5.32 Å². The second-order valence-electron chi connectivity index (χ2n) is 3.88. The Hall–Kier alpha value is -0.800. The molecule has 0 amide bonds. The fourth-order valence-corrected chi connectivity index (χ4v) is 2.22. The van der Waals surface area contributed by atoms with Gasteiger partial charge < -0.3 is 5.32 Å². The van der Waals surface area contributed by atoms with Gasteiger partial charge in [-0.1, -0.05) is 24.6 Å². The van der Waals surface area contributed by atoms with Crippen LogP contribution in [0.2, 0.25) is 0 Å². The van der Waals surface area contributed by atoms with E-state index in [1.165, 1.54) is 6.42 Å². The molecule has 1 atom stereocenters. The number of benzene rings is 1. The Kier molecular flexibility index (Phi) is 3.44. The summed E-state index contributed by atoms with van der Waals surface area (Å²) < 4.78 is 0. The first-order valence-corrected chi connectivity index (χ1v) is 5.79. The molecule has 1 fully saturated rings. The van der Waals surface area contributed by atoms with Crippen LogP contribution in [0.15, 0.2) is 29.2 Å². The van der Waals surface area contributed by atoms with Crippen molar-refractivity contribution in [2.45, 2.75) is 30.2 Å². The number of ketones is 1. The Bertz CT molecular complexity index is 358. The molecular formula is C12H15NOS. The lowest BCUT2D eigenvalue weighted by molar-refractivity contribution is 0.0924. The predicted octanol–water partition coefficient (Wildman–Crippen LogP) is 2.30. The first kappa shape index (κ1) is 10.7. The monoisotopic (exact) mass is 221 g/mol. The number of rotatable bonds is 2. The van der Waals surface area contributed by atoms with Gasteiger partial charge in [0.2, 0.25) is 0 Å². The van der Waals surface area contributed by atoms with Crippen LogP contribution >= 0.6 is 12.6 Å². The molecule has 2 rings (SSSR count). The van der Waals surface area contributed by atoms with Gasteiger partial charge in [0.15, 0.2) is 5.78 Å². The molecule has 15 heavy (non-hydrogen) atoms. The highest BCUT2D eigenvalue weighted by Gasteiger charge is 2.22. The predicted molar refractivity (Wildman–Crippen MR) is 63.7 cm³/mol. The van der Waals surface area contributed by atoms with Gasteiger partial charge in [0.25, 0.3) is 0 Å². The van der Waals surface area contributed by atoms with E-state index < -0.39 is 0 Å². The van der Waals surface area contributed by atoms with Crippen LogP contribution in [0.4, 0.5) is 0 Å². The van der Waals surface area contributed by atoms with Gasteiger partial charge in [0, 0.05) is 10.5 Å². The first-order valence-electron chi connectivity index (χ1n) is 5.34. The molecule has 0 aliphatic carbocycles. The van der Waals surface area contributed by atoms with E-state index in [9.17, 15) is 4.79 Å². The molecule has 2 nitrogen and oxygen atoms in total. The van der Waals surface area contributed by atoms with Crippen molar-refractivity contribution in [3.63, 3.8) is 0 Å². The van der Waals surface area contributed by atoms with E-state index in [1.807, 2.05) is 24.3 Å². The minimum absolute atomic E-state index is 0.00736. The van der Waals surface area contributed by atoms with E-state index in [1.54, 1.807) is 0 Å². The molecular weight excluding hydrogens is 206 g/mol. The van der Waals surface area contributed by atoms with Crippen molar-refractivity contribution >= 4 is 18.4 Å². The molecule has 0 aromatic heterocycles. The molecule has 1 aromatic rings. The van der Waals surface area contributed by atoms with Crippen molar-refractivity contribution < 1.29 is 4.79 Å². The topological polar surface area (TPSA) is 29.1 Å². The lowest BCUT2D eigenvalue weighted by Crippen LogP contribution is -2.40. The molecule has 0 bridgehead atoms. The molecule has 1 unspecified atom stereocenters. The maximum atomic E-state index is 12.1. The highest BCUT2D eigenvalue weighted by Crippen LogP contribution is 2.18. The zero-order chi connectivity index (χ0) is 10.7. The summed E-state index contributed by atoms with van der Waals surface area (Å²) in [5.74, 6) is 0.181. The smallest absolute Gasteiger partial charge is 0.180 e. The number of Topliss-reactive ketones (excluding diaryl/α,β-unsaturated/α-hetero) is 1. The van der Waals surface area contributed by atoms with Crippen molar-refractivity contribution in [2.24, 2.45) is 0 Å². The van der Waals surface area contributed by atoms with Gasteiger partial charge in [-0.2, -0.15) is 0 Å². The Morgan fingerprint density at radius 2 is 2.13 bits per heavy atom. The summed E-state index contributed by atoms with van der Waals surface area (Å²) in [4.78, 5) is 12.9. The minimum Gasteiger partial charge on any atom is -0.307 e. The van der Waals surface area contributed by atoms with E-state index in [-0.39, 0.29) is 11.8 Å². The molecule has 1 aromatic carbocycles. The van der Waals surface area contributed by atoms with Crippen LogP contribution in [-0.4, -0.2) is 18.4 Å². The van der Waals surface area contributed by atoms with Crippen LogP contribution in [0.1, 0.15) is 29.6 Å². The van der Waals surface area contributed by atoms with Crippen LogP contribution in [0.3, 0.4) is 0 Å². The van der Waals surface area contributed by atoms with Gasteiger partial charge in [-0.3, -0.25) is 4.79 Å². The van der Waals surface area contributed by atoms with Crippen molar-refractivity contribution in [3.8, 4) is 0 Å². The van der Waals surface area contributed by atoms with Gasteiger partial charge >= 0.3 is 0 Å². The second-order valence-corrected chi connectivity index (χ2v) is 4.37. The minimum atomic E-state index is -0.00736. The van der Waals surface area contributed by atoms with Gasteiger partial charge in [-0.15, -0.1) is 12.6 Å². The third-order valence-corrected chi connectivity index (χ3v) is 3.19. The summed E-state index contributed by atoms with van der Waals surface area (Å²) in [6.07, 6.45) is 3.26. The standard InChI is InChI=1S/C12H15NOS/c14-12(10-6-3-4-8-13-10)9-5-1-2-7-11(9)15/h1-2,5,7,10,13,15H,3-4,6,8H2. The highest BCUT2D eigenvalue weighted by atomic mass is 32.1. The third-order valence-electron chi connectivity index (χ3n) is 2.80.